The zero-order valence-electron chi connectivity index (χ0n) is 11.7. The van der Waals surface area contributed by atoms with E-state index in [1.165, 1.54) is 0 Å². The third-order valence-electron chi connectivity index (χ3n) is 3.11. The minimum atomic E-state index is -0.956. The molecule has 2 rings (SSSR count). The summed E-state index contributed by atoms with van der Waals surface area (Å²) in [6, 6.07) is 5.25. The van der Waals surface area contributed by atoms with Crippen LogP contribution in [0.3, 0.4) is 0 Å². The minimum absolute atomic E-state index is 0.438. The van der Waals surface area contributed by atoms with Crippen molar-refractivity contribution in [2.45, 2.75) is 12.6 Å². The number of hydrogen-bond donors (Lipinski definition) is 1. The summed E-state index contributed by atoms with van der Waals surface area (Å²) in [5.74, 6) is 0.529. The number of rotatable bonds is 6. The predicted molar refractivity (Wildman–Crippen MR) is 83.9 cm³/mol. The molecule has 21 heavy (non-hydrogen) atoms. The molecule has 1 aromatic heterocycles. The fourth-order valence-corrected chi connectivity index (χ4v) is 2.88. The maximum absolute atomic E-state index is 10.7. The quantitative estimate of drug-likeness (QED) is 0.843. The predicted octanol–water partition coefficient (Wildman–Crippen LogP) is 3.04. The topological polar surface area (TPSA) is 56.5 Å². The van der Waals surface area contributed by atoms with Crippen LogP contribution in [0, 0.1) is 0 Å². The Bertz CT molecular complexity index is 618. The molecule has 0 aliphatic carbocycles. The lowest BCUT2D eigenvalue weighted by Crippen LogP contribution is -2.14. The lowest BCUT2D eigenvalue weighted by molar-refractivity contribution is 0.170. The van der Waals surface area contributed by atoms with E-state index in [1.54, 1.807) is 43.3 Å². The van der Waals surface area contributed by atoms with E-state index in [0.29, 0.717) is 39.7 Å². The van der Waals surface area contributed by atoms with E-state index in [1.807, 2.05) is 0 Å². The fraction of sp³-hybridized carbons (Fsp3) is 0.357. The highest BCUT2D eigenvalue weighted by Crippen LogP contribution is 2.37. The van der Waals surface area contributed by atoms with E-state index in [9.17, 15) is 5.11 Å². The van der Waals surface area contributed by atoms with E-state index in [4.69, 9.17) is 21.1 Å². The first kappa shape index (κ1) is 16.3. The van der Waals surface area contributed by atoms with Gasteiger partial charge in [0, 0.05) is 12.7 Å². The Morgan fingerprint density at radius 3 is 2.86 bits per heavy atom. The van der Waals surface area contributed by atoms with Crippen LogP contribution in [0.15, 0.2) is 28.9 Å². The molecule has 0 bridgehead atoms. The molecule has 1 aromatic carbocycles. The molecule has 0 saturated carbocycles. The molecule has 1 atom stereocenters. The Labute approximate surface area is 136 Å². The Kier molecular flexibility index (Phi) is 5.64. The molecular formula is C14H16BrClN2O3. The molecule has 1 N–H and O–H groups in total. The van der Waals surface area contributed by atoms with Crippen molar-refractivity contribution < 1.29 is 14.6 Å². The lowest BCUT2D eigenvalue weighted by atomic mass is 10.1. The minimum Gasteiger partial charge on any atom is -0.496 e. The van der Waals surface area contributed by atoms with Crippen LogP contribution in [-0.2, 0) is 11.3 Å². The van der Waals surface area contributed by atoms with Crippen LogP contribution >= 0.6 is 27.5 Å². The fourth-order valence-electron chi connectivity index (χ4n) is 2.10. The van der Waals surface area contributed by atoms with Crippen LogP contribution in [0.1, 0.15) is 17.4 Å². The van der Waals surface area contributed by atoms with Gasteiger partial charge in [0.05, 0.1) is 41.6 Å². The highest BCUT2D eigenvalue weighted by molar-refractivity contribution is 9.10. The number of benzene rings is 1. The number of aliphatic hydroxyl groups excluding tert-OH is 1. The van der Waals surface area contributed by atoms with E-state index >= 15 is 0 Å². The van der Waals surface area contributed by atoms with Gasteiger partial charge < -0.3 is 14.6 Å². The van der Waals surface area contributed by atoms with Crippen molar-refractivity contribution in [2.75, 3.05) is 20.8 Å². The molecule has 7 heteroatoms. The Morgan fingerprint density at radius 2 is 2.19 bits per heavy atom. The zero-order valence-corrected chi connectivity index (χ0v) is 14.1. The zero-order chi connectivity index (χ0) is 15.4. The monoisotopic (exact) mass is 374 g/mol. The number of methoxy groups -OCH3 is 2. The van der Waals surface area contributed by atoms with Crippen LogP contribution in [0.4, 0.5) is 0 Å². The summed E-state index contributed by atoms with van der Waals surface area (Å²) in [7, 11) is 3.16. The number of aliphatic hydroxyl groups is 1. The number of hydrogen-bond acceptors (Lipinski definition) is 4. The second kappa shape index (κ2) is 7.26. The van der Waals surface area contributed by atoms with Crippen molar-refractivity contribution in [3.8, 4) is 5.75 Å². The second-order valence-electron chi connectivity index (χ2n) is 4.35. The first-order valence-corrected chi connectivity index (χ1v) is 7.47. The van der Waals surface area contributed by atoms with Crippen molar-refractivity contribution in [1.29, 1.82) is 0 Å². The molecule has 0 aliphatic heterocycles. The molecule has 0 radical (unpaired) electrons. The van der Waals surface area contributed by atoms with Crippen LogP contribution < -0.4 is 4.74 Å². The molecule has 0 spiro atoms. The van der Waals surface area contributed by atoms with Crippen LogP contribution in [-0.4, -0.2) is 35.7 Å². The maximum atomic E-state index is 10.7. The highest BCUT2D eigenvalue weighted by Gasteiger charge is 2.24. The Morgan fingerprint density at radius 1 is 1.43 bits per heavy atom. The SMILES string of the molecule is COCCn1ncc(Br)c1C(O)c1c(Cl)cccc1OC. The van der Waals surface area contributed by atoms with Gasteiger partial charge in [0.1, 0.15) is 11.9 Å². The maximum Gasteiger partial charge on any atom is 0.127 e. The van der Waals surface area contributed by atoms with Crippen molar-refractivity contribution in [2.24, 2.45) is 0 Å². The molecule has 0 fully saturated rings. The smallest absolute Gasteiger partial charge is 0.127 e. The van der Waals surface area contributed by atoms with Crippen molar-refractivity contribution in [3.05, 3.63) is 45.1 Å². The van der Waals surface area contributed by atoms with Gasteiger partial charge in [-0.3, -0.25) is 4.68 Å². The summed E-state index contributed by atoms with van der Waals surface area (Å²) in [6.45, 7) is 1.02. The number of aromatic nitrogens is 2. The van der Waals surface area contributed by atoms with Gasteiger partial charge in [0.25, 0.3) is 0 Å². The number of ether oxygens (including phenoxy) is 2. The average Bonchev–Trinajstić information content (AvgIpc) is 2.85. The van der Waals surface area contributed by atoms with Gasteiger partial charge in [-0.05, 0) is 28.1 Å². The summed E-state index contributed by atoms with van der Waals surface area (Å²) in [4.78, 5) is 0. The number of nitrogens with zero attached hydrogens (tertiary/aromatic N) is 2. The average molecular weight is 376 g/mol. The summed E-state index contributed by atoms with van der Waals surface area (Å²) < 4.78 is 12.7. The number of halogens is 2. The second-order valence-corrected chi connectivity index (χ2v) is 5.61. The first-order chi connectivity index (χ1) is 10.1. The third-order valence-corrected chi connectivity index (χ3v) is 4.05. The standard InChI is InChI=1S/C14H16BrClN2O3/c1-20-7-6-18-13(9(15)8-17-18)14(19)12-10(16)4-3-5-11(12)21-2/h3-5,8,14,19H,6-7H2,1-2H3. The normalized spacial score (nSPS) is 12.4. The molecule has 0 aliphatic rings. The molecule has 5 nitrogen and oxygen atoms in total. The van der Waals surface area contributed by atoms with E-state index in [2.05, 4.69) is 21.0 Å². The Balaban J connectivity index is 2.45. The highest BCUT2D eigenvalue weighted by atomic mass is 79.9. The molecule has 2 aromatic rings. The van der Waals surface area contributed by atoms with Crippen molar-refractivity contribution in [3.63, 3.8) is 0 Å². The van der Waals surface area contributed by atoms with Gasteiger partial charge in [-0.25, -0.2) is 0 Å². The lowest BCUT2D eigenvalue weighted by Gasteiger charge is -2.18. The largest absolute Gasteiger partial charge is 0.496 e. The third kappa shape index (κ3) is 3.40. The molecule has 114 valence electrons. The van der Waals surface area contributed by atoms with Gasteiger partial charge in [0.2, 0.25) is 0 Å². The van der Waals surface area contributed by atoms with Gasteiger partial charge in [-0.2, -0.15) is 5.10 Å². The summed E-state index contributed by atoms with van der Waals surface area (Å²) >= 11 is 9.63. The van der Waals surface area contributed by atoms with Gasteiger partial charge in [-0.1, -0.05) is 17.7 Å². The van der Waals surface area contributed by atoms with Gasteiger partial charge in [-0.15, -0.1) is 0 Å². The van der Waals surface area contributed by atoms with Crippen molar-refractivity contribution >= 4 is 27.5 Å². The molecule has 1 unspecified atom stereocenters. The van der Waals surface area contributed by atoms with E-state index < -0.39 is 6.10 Å². The van der Waals surface area contributed by atoms with E-state index in [-0.39, 0.29) is 0 Å². The molecule has 0 amide bonds. The molecular weight excluding hydrogens is 360 g/mol. The molecule has 1 heterocycles. The van der Waals surface area contributed by atoms with Crippen LogP contribution in [0.2, 0.25) is 5.02 Å². The van der Waals surface area contributed by atoms with Gasteiger partial charge in [0.15, 0.2) is 0 Å². The van der Waals surface area contributed by atoms with E-state index in [0.717, 1.165) is 0 Å². The Hall–Kier alpha value is -1.08. The molecule has 0 saturated heterocycles. The van der Waals surface area contributed by atoms with Crippen LogP contribution in [0.5, 0.6) is 5.75 Å². The summed E-state index contributed by atoms with van der Waals surface area (Å²) in [6.07, 6.45) is 0.680. The van der Waals surface area contributed by atoms with Crippen LogP contribution in [0.25, 0.3) is 0 Å². The first-order valence-electron chi connectivity index (χ1n) is 6.30. The van der Waals surface area contributed by atoms with Crippen molar-refractivity contribution in [1.82, 2.24) is 9.78 Å². The van der Waals surface area contributed by atoms with Gasteiger partial charge >= 0.3 is 0 Å². The summed E-state index contributed by atoms with van der Waals surface area (Å²) in [5.41, 5.74) is 1.12. The summed E-state index contributed by atoms with van der Waals surface area (Å²) in [5, 5.41) is 15.4.